The average molecular weight is 160 g/mol. The summed E-state index contributed by atoms with van der Waals surface area (Å²) in [6, 6.07) is 1.88. The van der Waals surface area contributed by atoms with Gasteiger partial charge in [0.05, 0.1) is 11.2 Å². The van der Waals surface area contributed by atoms with Gasteiger partial charge in [0, 0.05) is 6.20 Å². The number of aromatic amines is 1. The Morgan fingerprint density at radius 3 is 2.80 bits per heavy atom. The van der Waals surface area contributed by atoms with Gasteiger partial charge in [-0.25, -0.2) is 4.84 Å². The predicted octanol–water partition coefficient (Wildman–Crippen LogP) is 1.39. The first kappa shape index (κ1) is 7.57. The number of nitrogens with one attached hydrogen (secondary N) is 2. The van der Waals surface area contributed by atoms with Crippen molar-refractivity contribution in [1.29, 1.82) is 0 Å². The Hall–Kier alpha value is -0.540. The summed E-state index contributed by atoms with van der Waals surface area (Å²) in [5.41, 5.74) is 0.736. The van der Waals surface area contributed by atoms with E-state index in [1.807, 2.05) is 19.9 Å². The van der Waals surface area contributed by atoms with Gasteiger partial charge in [-0.05, 0) is 31.7 Å². The molecule has 0 saturated heterocycles. The van der Waals surface area contributed by atoms with Crippen LogP contribution < -0.4 is 4.84 Å². The molecular weight excluding hydrogens is 150 g/mol. The first-order valence-electron chi connectivity index (χ1n) is 3.04. The van der Waals surface area contributed by atoms with Gasteiger partial charge in [0.15, 0.2) is 0 Å². The Bertz CT molecular complexity index is 193. The molecular formula is C6H10ClN3. The maximum atomic E-state index is 5.49. The lowest BCUT2D eigenvalue weighted by molar-refractivity contribution is 0.485. The summed E-state index contributed by atoms with van der Waals surface area (Å²) >= 11 is 5.49. The van der Waals surface area contributed by atoms with Crippen molar-refractivity contribution in [2.45, 2.75) is 19.4 Å². The highest BCUT2D eigenvalue weighted by Gasteiger charge is 2.19. The molecule has 0 radical (unpaired) electrons. The van der Waals surface area contributed by atoms with Gasteiger partial charge in [-0.2, -0.15) is 5.10 Å². The number of nitrogens with zero attached hydrogens (tertiary/aromatic N) is 1. The molecule has 0 aliphatic heterocycles. The lowest BCUT2D eigenvalue weighted by Gasteiger charge is -2.19. The van der Waals surface area contributed by atoms with E-state index >= 15 is 0 Å². The molecule has 0 amide bonds. The zero-order valence-electron chi connectivity index (χ0n) is 5.98. The number of rotatable bonds is 2. The lowest BCUT2D eigenvalue weighted by atomic mass is 10.0. The highest BCUT2D eigenvalue weighted by Crippen LogP contribution is 2.16. The van der Waals surface area contributed by atoms with Crippen molar-refractivity contribution >= 4 is 11.8 Å². The number of halogens is 1. The average Bonchev–Trinajstić information content (AvgIpc) is 2.38. The molecule has 1 aromatic rings. The molecule has 0 aromatic carbocycles. The summed E-state index contributed by atoms with van der Waals surface area (Å²) in [5, 5.41) is 6.64. The van der Waals surface area contributed by atoms with E-state index < -0.39 is 0 Å². The molecule has 0 atom stereocenters. The zero-order valence-corrected chi connectivity index (χ0v) is 6.74. The number of hydrogen-bond donors (Lipinski definition) is 2. The van der Waals surface area contributed by atoms with E-state index in [4.69, 9.17) is 11.8 Å². The zero-order chi connectivity index (χ0) is 7.61. The van der Waals surface area contributed by atoms with Crippen LogP contribution in [0.2, 0.25) is 0 Å². The smallest absolute Gasteiger partial charge is 0.0689 e. The van der Waals surface area contributed by atoms with Gasteiger partial charge < -0.3 is 0 Å². The molecule has 0 spiro atoms. The fraction of sp³-hybridized carbons (Fsp3) is 0.500. The van der Waals surface area contributed by atoms with Crippen molar-refractivity contribution in [1.82, 2.24) is 15.0 Å². The summed E-state index contributed by atoms with van der Waals surface area (Å²) in [4.78, 5) is 2.64. The molecule has 10 heavy (non-hydrogen) atoms. The Labute approximate surface area is 64.9 Å². The molecule has 0 saturated carbocycles. The van der Waals surface area contributed by atoms with Gasteiger partial charge in [0.25, 0.3) is 0 Å². The Balaban J connectivity index is 2.85. The van der Waals surface area contributed by atoms with Crippen molar-refractivity contribution in [2.24, 2.45) is 0 Å². The van der Waals surface area contributed by atoms with E-state index in [1.165, 1.54) is 0 Å². The van der Waals surface area contributed by atoms with Crippen LogP contribution in [0.3, 0.4) is 0 Å². The maximum absolute atomic E-state index is 5.49. The predicted molar refractivity (Wildman–Crippen MR) is 40.6 cm³/mol. The molecule has 3 nitrogen and oxygen atoms in total. The van der Waals surface area contributed by atoms with Crippen molar-refractivity contribution < 1.29 is 0 Å². The van der Waals surface area contributed by atoms with Crippen LogP contribution in [0.1, 0.15) is 19.5 Å². The van der Waals surface area contributed by atoms with Crippen LogP contribution in [0, 0.1) is 0 Å². The number of aromatic nitrogens is 2. The fourth-order valence-electron chi connectivity index (χ4n) is 0.655. The number of hydrogen-bond acceptors (Lipinski definition) is 2. The Kier molecular flexibility index (Phi) is 1.97. The third-order valence-electron chi connectivity index (χ3n) is 1.41. The summed E-state index contributed by atoms with van der Waals surface area (Å²) in [6.07, 6.45) is 1.70. The summed E-state index contributed by atoms with van der Waals surface area (Å²) in [7, 11) is 0. The molecule has 4 heteroatoms. The van der Waals surface area contributed by atoms with Crippen molar-refractivity contribution in [3.8, 4) is 0 Å². The van der Waals surface area contributed by atoms with Gasteiger partial charge in [0.2, 0.25) is 0 Å². The topological polar surface area (TPSA) is 40.7 Å². The van der Waals surface area contributed by atoms with Crippen LogP contribution in [-0.4, -0.2) is 10.2 Å². The lowest BCUT2D eigenvalue weighted by Crippen LogP contribution is -2.29. The summed E-state index contributed by atoms with van der Waals surface area (Å²) < 4.78 is 0. The minimum atomic E-state index is -0.238. The van der Waals surface area contributed by atoms with E-state index in [2.05, 4.69) is 15.0 Å². The van der Waals surface area contributed by atoms with E-state index in [-0.39, 0.29) is 5.54 Å². The maximum Gasteiger partial charge on any atom is 0.0689 e. The van der Waals surface area contributed by atoms with Crippen LogP contribution in [0.25, 0.3) is 0 Å². The van der Waals surface area contributed by atoms with Gasteiger partial charge >= 0.3 is 0 Å². The van der Waals surface area contributed by atoms with Crippen molar-refractivity contribution in [3.63, 3.8) is 0 Å². The summed E-state index contributed by atoms with van der Waals surface area (Å²) in [6.45, 7) is 3.93. The first-order chi connectivity index (χ1) is 4.67. The molecule has 1 heterocycles. The largest absolute Gasteiger partial charge is 0.281 e. The minimum Gasteiger partial charge on any atom is -0.281 e. The van der Waals surface area contributed by atoms with Crippen LogP contribution >= 0.6 is 11.8 Å². The molecule has 0 unspecified atom stereocenters. The second-order valence-corrected chi connectivity index (χ2v) is 2.88. The van der Waals surface area contributed by atoms with Gasteiger partial charge in [0.1, 0.15) is 0 Å². The van der Waals surface area contributed by atoms with E-state index in [0.29, 0.717) is 0 Å². The number of H-pyrrole nitrogens is 1. The molecule has 0 fully saturated rings. The van der Waals surface area contributed by atoms with Crippen LogP contribution in [0.5, 0.6) is 0 Å². The molecule has 1 aromatic heterocycles. The highest BCUT2D eigenvalue weighted by molar-refractivity contribution is 6.13. The highest BCUT2D eigenvalue weighted by atomic mass is 35.5. The summed E-state index contributed by atoms with van der Waals surface area (Å²) in [5.74, 6) is 0. The first-order valence-corrected chi connectivity index (χ1v) is 3.42. The van der Waals surface area contributed by atoms with Gasteiger partial charge in [-0.15, -0.1) is 0 Å². The van der Waals surface area contributed by atoms with E-state index in [1.54, 1.807) is 6.20 Å². The van der Waals surface area contributed by atoms with E-state index in [0.717, 1.165) is 5.69 Å². The van der Waals surface area contributed by atoms with Crippen LogP contribution in [-0.2, 0) is 5.54 Å². The third kappa shape index (κ3) is 1.30. The molecule has 0 aliphatic carbocycles. The SMILES string of the molecule is CC(C)(NCl)c1ccn[nH]1. The molecule has 0 bridgehead atoms. The van der Waals surface area contributed by atoms with Crippen molar-refractivity contribution in [3.05, 3.63) is 18.0 Å². The third-order valence-corrected chi connectivity index (χ3v) is 1.88. The van der Waals surface area contributed by atoms with Crippen molar-refractivity contribution in [2.75, 3.05) is 0 Å². The second kappa shape index (κ2) is 2.60. The quantitative estimate of drug-likeness (QED) is 0.641. The van der Waals surface area contributed by atoms with Gasteiger partial charge in [-0.3, -0.25) is 5.10 Å². The Morgan fingerprint density at radius 1 is 1.70 bits per heavy atom. The normalized spacial score (nSPS) is 11.9. The van der Waals surface area contributed by atoms with Crippen LogP contribution in [0.15, 0.2) is 12.3 Å². The minimum absolute atomic E-state index is 0.238. The molecule has 2 N–H and O–H groups in total. The molecule has 0 aliphatic rings. The Morgan fingerprint density at radius 2 is 2.40 bits per heavy atom. The second-order valence-electron chi connectivity index (χ2n) is 2.69. The van der Waals surface area contributed by atoms with Crippen LogP contribution in [0.4, 0.5) is 0 Å². The molecule has 1 rings (SSSR count). The fourth-order valence-corrected chi connectivity index (χ4v) is 0.757. The van der Waals surface area contributed by atoms with E-state index in [9.17, 15) is 0 Å². The van der Waals surface area contributed by atoms with Gasteiger partial charge in [-0.1, -0.05) is 0 Å². The standard InChI is InChI=1S/C6H10ClN3/c1-6(2,10-7)5-3-4-8-9-5/h3-4,10H,1-2H3,(H,8,9). The monoisotopic (exact) mass is 159 g/mol. The molecule has 56 valence electrons.